The van der Waals surface area contributed by atoms with Crippen molar-refractivity contribution in [1.29, 1.82) is 0 Å². The lowest BCUT2D eigenvalue weighted by molar-refractivity contribution is 1.16. The number of hydrogen-bond donors (Lipinski definition) is 1. The molecule has 0 spiro atoms. The van der Waals surface area contributed by atoms with Crippen molar-refractivity contribution in [2.75, 3.05) is 0 Å². The molecule has 0 fully saturated rings. The number of nitrogens with two attached hydrogens (primary N) is 1. The maximum absolute atomic E-state index is 5.27. The predicted octanol–water partition coefficient (Wildman–Crippen LogP) is 3.01. The molecular formula is C10H19N. The van der Waals surface area contributed by atoms with E-state index in [0.717, 1.165) is 12.0 Å². The van der Waals surface area contributed by atoms with Gasteiger partial charge in [0.05, 0.1) is 0 Å². The first-order valence-electron chi connectivity index (χ1n) is 3.97. The zero-order valence-electron chi connectivity index (χ0n) is 7.85. The van der Waals surface area contributed by atoms with Crippen molar-refractivity contribution in [1.82, 2.24) is 0 Å². The largest absolute Gasteiger partial charge is 0.399 e. The summed E-state index contributed by atoms with van der Waals surface area (Å²) in [5.74, 6) is 0. The van der Waals surface area contributed by atoms with Crippen LogP contribution in [0.3, 0.4) is 0 Å². The van der Waals surface area contributed by atoms with Gasteiger partial charge in [0.15, 0.2) is 0 Å². The van der Waals surface area contributed by atoms with Gasteiger partial charge >= 0.3 is 0 Å². The molecule has 11 heavy (non-hydrogen) atoms. The van der Waals surface area contributed by atoms with Gasteiger partial charge < -0.3 is 5.73 Å². The summed E-state index contributed by atoms with van der Waals surface area (Å²) >= 11 is 0. The number of hydrogen-bond acceptors (Lipinski definition) is 1. The van der Waals surface area contributed by atoms with Gasteiger partial charge in [0.2, 0.25) is 0 Å². The van der Waals surface area contributed by atoms with Crippen LogP contribution in [-0.4, -0.2) is 0 Å². The molecule has 1 nitrogen and oxygen atoms in total. The maximum Gasteiger partial charge on any atom is 0.0241 e. The van der Waals surface area contributed by atoms with Crippen LogP contribution in [0.25, 0.3) is 0 Å². The molecule has 0 amide bonds. The van der Waals surface area contributed by atoms with Gasteiger partial charge in [0.25, 0.3) is 0 Å². The first-order chi connectivity index (χ1) is 5.16. The van der Waals surface area contributed by atoms with Crippen LogP contribution in [0.5, 0.6) is 0 Å². The van der Waals surface area contributed by atoms with Crippen molar-refractivity contribution in [2.24, 2.45) is 5.73 Å². The summed E-state index contributed by atoms with van der Waals surface area (Å²) < 4.78 is 0. The number of rotatable bonds is 3. The summed E-state index contributed by atoms with van der Waals surface area (Å²) in [5, 5.41) is 0. The zero-order valence-corrected chi connectivity index (χ0v) is 7.85. The predicted molar refractivity (Wildman–Crippen MR) is 53.2 cm³/mol. The van der Waals surface area contributed by atoms with E-state index in [2.05, 4.69) is 13.2 Å². The van der Waals surface area contributed by atoms with Crippen LogP contribution >= 0.6 is 0 Å². The minimum absolute atomic E-state index is 0.574. The highest BCUT2D eigenvalue weighted by atomic mass is 14.5. The fraction of sp³-hybridized carbons (Fsp3) is 0.400. The van der Waals surface area contributed by atoms with Crippen LogP contribution < -0.4 is 5.73 Å². The molecule has 0 aliphatic rings. The summed E-state index contributed by atoms with van der Waals surface area (Å²) in [6.45, 7) is 13.3. The van der Waals surface area contributed by atoms with E-state index < -0.39 is 0 Å². The Balaban J connectivity index is 0. The molecule has 0 rings (SSSR count). The topological polar surface area (TPSA) is 26.0 Å². The van der Waals surface area contributed by atoms with Crippen molar-refractivity contribution < 1.29 is 0 Å². The second-order valence-corrected chi connectivity index (χ2v) is 1.92. The third-order valence-corrected chi connectivity index (χ3v) is 0.987. The average molecular weight is 153 g/mol. The summed E-state index contributed by atoms with van der Waals surface area (Å²) in [5.41, 5.74) is 6.92. The molecule has 0 saturated heterocycles. The molecule has 0 aliphatic carbocycles. The first kappa shape index (κ1) is 12.7. The minimum Gasteiger partial charge on any atom is -0.399 e. The Morgan fingerprint density at radius 2 is 1.73 bits per heavy atom. The van der Waals surface area contributed by atoms with Crippen molar-refractivity contribution in [3.63, 3.8) is 0 Å². The highest BCUT2D eigenvalue weighted by Gasteiger charge is 1.79. The van der Waals surface area contributed by atoms with E-state index >= 15 is 0 Å². The molecule has 0 aromatic rings. The van der Waals surface area contributed by atoms with Crippen molar-refractivity contribution in [3.05, 3.63) is 36.6 Å². The van der Waals surface area contributed by atoms with E-state index in [-0.39, 0.29) is 0 Å². The van der Waals surface area contributed by atoms with Crippen LogP contribution in [0.2, 0.25) is 0 Å². The standard InChI is InChI=1S/C8H13N.C2H6/c1-4-7(2)5-6-8(3)9;1-2/h5-6H,2-4,9H2,1H3;1-2H3/b6-5-;. The average Bonchev–Trinajstić information content (AvgIpc) is 2.04. The molecule has 2 N–H and O–H groups in total. The highest BCUT2D eigenvalue weighted by molar-refractivity contribution is 5.21. The van der Waals surface area contributed by atoms with E-state index in [1.165, 1.54) is 0 Å². The fourth-order valence-electron chi connectivity index (χ4n) is 0.343. The first-order valence-corrected chi connectivity index (χ1v) is 3.97. The van der Waals surface area contributed by atoms with Gasteiger partial charge in [-0.05, 0) is 12.5 Å². The van der Waals surface area contributed by atoms with Gasteiger partial charge in [-0.2, -0.15) is 0 Å². The van der Waals surface area contributed by atoms with Crippen molar-refractivity contribution in [2.45, 2.75) is 27.2 Å². The Hall–Kier alpha value is -0.980. The smallest absolute Gasteiger partial charge is 0.0241 e. The molecule has 0 aromatic carbocycles. The molecule has 0 aliphatic heterocycles. The van der Waals surface area contributed by atoms with Crippen molar-refractivity contribution >= 4 is 0 Å². The van der Waals surface area contributed by atoms with Crippen LogP contribution in [0.15, 0.2) is 36.6 Å². The van der Waals surface area contributed by atoms with Crippen molar-refractivity contribution in [3.8, 4) is 0 Å². The van der Waals surface area contributed by atoms with E-state index in [0.29, 0.717) is 5.70 Å². The normalized spacial score (nSPS) is 8.64. The molecular weight excluding hydrogens is 134 g/mol. The Morgan fingerprint density at radius 3 is 2.00 bits per heavy atom. The second-order valence-electron chi connectivity index (χ2n) is 1.92. The molecule has 0 bridgehead atoms. The molecule has 0 radical (unpaired) electrons. The lowest BCUT2D eigenvalue weighted by Gasteiger charge is -1.90. The Bertz CT molecular complexity index is 143. The Labute approximate surface area is 70.3 Å². The van der Waals surface area contributed by atoms with Gasteiger partial charge in [-0.1, -0.05) is 45.6 Å². The molecule has 0 saturated carbocycles. The molecule has 0 aromatic heterocycles. The zero-order chi connectivity index (χ0) is 9.28. The van der Waals surface area contributed by atoms with E-state index in [1.54, 1.807) is 6.08 Å². The van der Waals surface area contributed by atoms with E-state index in [1.807, 2.05) is 26.8 Å². The van der Waals surface area contributed by atoms with E-state index in [9.17, 15) is 0 Å². The summed E-state index contributed by atoms with van der Waals surface area (Å²) in [7, 11) is 0. The quantitative estimate of drug-likeness (QED) is 0.620. The molecule has 1 heteroatoms. The number of allylic oxidation sites excluding steroid dienone is 3. The summed E-state index contributed by atoms with van der Waals surface area (Å²) in [6.07, 6.45) is 4.60. The molecule has 64 valence electrons. The third kappa shape index (κ3) is 12.3. The van der Waals surface area contributed by atoms with Gasteiger partial charge in [0.1, 0.15) is 0 Å². The van der Waals surface area contributed by atoms with Gasteiger partial charge in [0, 0.05) is 5.70 Å². The van der Waals surface area contributed by atoms with Crippen LogP contribution in [0.4, 0.5) is 0 Å². The highest BCUT2D eigenvalue weighted by Crippen LogP contribution is 1.98. The molecule has 0 atom stereocenters. The van der Waals surface area contributed by atoms with Crippen LogP contribution in [0.1, 0.15) is 27.2 Å². The maximum atomic E-state index is 5.27. The fourth-order valence-corrected chi connectivity index (χ4v) is 0.343. The van der Waals surface area contributed by atoms with Gasteiger partial charge in [-0.3, -0.25) is 0 Å². The van der Waals surface area contributed by atoms with E-state index in [4.69, 9.17) is 5.73 Å². The second kappa shape index (κ2) is 9.02. The summed E-state index contributed by atoms with van der Waals surface area (Å²) in [4.78, 5) is 0. The van der Waals surface area contributed by atoms with Gasteiger partial charge in [-0.25, -0.2) is 0 Å². The third-order valence-electron chi connectivity index (χ3n) is 0.987. The van der Waals surface area contributed by atoms with Crippen LogP contribution in [0, 0.1) is 0 Å². The lowest BCUT2D eigenvalue weighted by Crippen LogP contribution is -1.88. The lowest BCUT2D eigenvalue weighted by atomic mass is 10.2. The van der Waals surface area contributed by atoms with Crippen LogP contribution in [-0.2, 0) is 0 Å². The van der Waals surface area contributed by atoms with Gasteiger partial charge in [-0.15, -0.1) is 0 Å². The Kier molecular flexibility index (Phi) is 10.4. The molecule has 0 heterocycles. The minimum atomic E-state index is 0.574. The molecule has 0 unspecified atom stereocenters. The summed E-state index contributed by atoms with van der Waals surface area (Å²) in [6, 6.07) is 0. The SMILES string of the molecule is C=C(N)/C=C\C(=C)CC.CC. The Morgan fingerprint density at radius 1 is 1.27 bits per heavy atom. The monoisotopic (exact) mass is 153 g/mol.